The topological polar surface area (TPSA) is 83.6 Å². The lowest BCUT2D eigenvalue weighted by atomic mass is 10.2. The van der Waals surface area contributed by atoms with Gasteiger partial charge in [0.1, 0.15) is 17.7 Å². The Balaban J connectivity index is 1.64. The standard InChI is InChI=1S/C17H16F2N2O4/c18-10-3-4-11(12(19)8-10)14-9-20-15(25-14)5-6-16(22)21-7-1-2-13(21)17(23)24/h3-4,8-9,13H,1-2,5-7H2,(H,23,24)/t13-/m0/s1. The van der Waals surface area contributed by atoms with Crippen molar-refractivity contribution in [1.29, 1.82) is 0 Å². The Labute approximate surface area is 142 Å². The van der Waals surface area contributed by atoms with Crippen LogP contribution in [0.3, 0.4) is 0 Å². The van der Waals surface area contributed by atoms with E-state index in [4.69, 9.17) is 9.52 Å². The number of aliphatic carboxylic acids is 1. The number of benzene rings is 1. The van der Waals surface area contributed by atoms with Gasteiger partial charge in [-0.1, -0.05) is 0 Å². The molecule has 2 aromatic rings. The van der Waals surface area contributed by atoms with Crippen molar-refractivity contribution in [1.82, 2.24) is 9.88 Å². The third-order valence-corrected chi connectivity index (χ3v) is 4.16. The van der Waals surface area contributed by atoms with Gasteiger partial charge in [-0.25, -0.2) is 18.6 Å². The van der Waals surface area contributed by atoms with E-state index in [1.54, 1.807) is 0 Å². The molecule has 132 valence electrons. The second-order valence-corrected chi connectivity index (χ2v) is 5.83. The van der Waals surface area contributed by atoms with Crippen LogP contribution in [0.5, 0.6) is 0 Å². The first-order valence-corrected chi connectivity index (χ1v) is 7.88. The molecular weight excluding hydrogens is 334 g/mol. The molecule has 1 fully saturated rings. The van der Waals surface area contributed by atoms with E-state index in [0.29, 0.717) is 19.4 Å². The molecule has 6 nitrogen and oxygen atoms in total. The zero-order valence-corrected chi connectivity index (χ0v) is 13.2. The molecule has 1 N–H and O–H groups in total. The molecule has 3 rings (SSSR count). The lowest BCUT2D eigenvalue weighted by Gasteiger charge is -2.20. The second-order valence-electron chi connectivity index (χ2n) is 5.83. The van der Waals surface area contributed by atoms with Crippen molar-refractivity contribution in [3.05, 3.63) is 41.9 Å². The summed E-state index contributed by atoms with van der Waals surface area (Å²) in [6.07, 6.45) is 2.65. The molecule has 0 aliphatic carbocycles. The highest BCUT2D eigenvalue weighted by atomic mass is 19.1. The molecule has 0 radical (unpaired) electrons. The Morgan fingerprint density at radius 1 is 1.36 bits per heavy atom. The number of oxazole rings is 1. The van der Waals surface area contributed by atoms with Gasteiger partial charge in [0.25, 0.3) is 0 Å². The summed E-state index contributed by atoms with van der Waals surface area (Å²) in [5.74, 6) is -2.36. The van der Waals surface area contributed by atoms with Crippen LogP contribution in [0.2, 0.25) is 0 Å². The van der Waals surface area contributed by atoms with Crippen molar-refractivity contribution in [2.24, 2.45) is 0 Å². The third-order valence-electron chi connectivity index (χ3n) is 4.16. The maximum atomic E-state index is 13.7. The zero-order valence-electron chi connectivity index (χ0n) is 13.2. The molecule has 0 spiro atoms. The molecule has 1 saturated heterocycles. The maximum absolute atomic E-state index is 13.7. The summed E-state index contributed by atoms with van der Waals surface area (Å²) in [5.41, 5.74) is 0.0805. The number of hydrogen-bond acceptors (Lipinski definition) is 4. The number of carbonyl (C=O) groups is 2. The minimum Gasteiger partial charge on any atom is -0.480 e. The number of carboxylic acids is 1. The summed E-state index contributed by atoms with van der Waals surface area (Å²) in [5, 5.41) is 9.11. The zero-order chi connectivity index (χ0) is 18.0. The highest BCUT2D eigenvalue weighted by Gasteiger charge is 2.33. The maximum Gasteiger partial charge on any atom is 0.326 e. The number of carboxylic acid groups (broad SMARTS) is 1. The lowest BCUT2D eigenvalue weighted by Crippen LogP contribution is -2.40. The average Bonchev–Trinajstić information content (AvgIpc) is 3.22. The van der Waals surface area contributed by atoms with Gasteiger partial charge in [-0.15, -0.1) is 0 Å². The molecule has 1 atom stereocenters. The second kappa shape index (κ2) is 7.00. The Hall–Kier alpha value is -2.77. The van der Waals surface area contributed by atoms with E-state index in [1.165, 1.54) is 17.2 Å². The summed E-state index contributed by atoms with van der Waals surface area (Å²) in [4.78, 5) is 28.7. The molecule has 0 saturated carbocycles. The van der Waals surface area contributed by atoms with Crippen LogP contribution < -0.4 is 0 Å². The van der Waals surface area contributed by atoms with Gasteiger partial charge in [-0.2, -0.15) is 0 Å². The average molecular weight is 350 g/mol. The van der Waals surface area contributed by atoms with Crippen molar-refractivity contribution < 1.29 is 27.9 Å². The van der Waals surface area contributed by atoms with Gasteiger partial charge < -0.3 is 14.4 Å². The number of amides is 1. The number of carbonyl (C=O) groups excluding carboxylic acids is 1. The first-order chi connectivity index (χ1) is 12.0. The number of nitrogens with zero attached hydrogens (tertiary/aromatic N) is 2. The number of aromatic nitrogens is 1. The molecule has 1 aliphatic heterocycles. The van der Waals surface area contributed by atoms with Crippen LogP contribution in [-0.4, -0.2) is 39.5 Å². The molecule has 1 aromatic heterocycles. The molecule has 0 bridgehead atoms. The third kappa shape index (κ3) is 3.67. The highest BCUT2D eigenvalue weighted by Crippen LogP contribution is 2.25. The Morgan fingerprint density at radius 3 is 2.88 bits per heavy atom. The van der Waals surface area contributed by atoms with Gasteiger partial charge >= 0.3 is 5.97 Å². The number of rotatable bonds is 5. The summed E-state index contributed by atoms with van der Waals surface area (Å²) >= 11 is 0. The van der Waals surface area contributed by atoms with Crippen molar-refractivity contribution in [3.63, 3.8) is 0 Å². The number of likely N-dealkylation sites (tertiary alicyclic amines) is 1. The molecular formula is C17H16F2N2O4. The van der Waals surface area contributed by atoms with Crippen LogP contribution >= 0.6 is 0 Å². The van der Waals surface area contributed by atoms with Crippen LogP contribution in [0, 0.1) is 11.6 Å². The van der Waals surface area contributed by atoms with Crippen LogP contribution in [0.4, 0.5) is 8.78 Å². The summed E-state index contributed by atoms with van der Waals surface area (Å²) in [6, 6.07) is 2.34. The predicted octanol–water partition coefficient (Wildman–Crippen LogP) is 2.63. The van der Waals surface area contributed by atoms with Gasteiger partial charge in [-0.3, -0.25) is 4.79 Å². The fourth-order valence-electron chi connectivity index (χ4n) is 2.92. The highest BCUT2D eigenvalue weighted by molar-refractivity contribution is 5.84. The monoisotopic (exact) mass is 350 g/mol. The summed E-state index contributed by atoms with van der Waals surface area (Å²) < 4.78 is 32.1. The number of halogens is 2. The number of hydrogen-bond donors (Lipinski definition) is 1. The Bertz CT molecular complexity index is 806. The van der Waals surface area contributed by atoms with E-state index in [1.807, 2.05) is 0 Å². The Morgan fingerprint density at radius 2 is 2.16 bits per heavy atom. The van der Waals surface area contributed by atoms with Crippen molar-refractivity contribution in [2.75, 3.05) is 6.54 Å². The van der Waals surface area contributed by atoms with E-state index in [-0.39, 0.29) is 36.0 Å². The largest absolute Gasteiger partial charge is 0.480 e. The summed E-state index contributed by atoms with van der Waals surface area (Å²) in [7, 11) is 0. The summed E-state index contributed by atoms with van der Waals surface area (Å²) in [6.45, 7) is 0.424. The quantitative estimate of drug-likeness (QED) is 0.896. The molecule has 25 heavy (non-hydrogen) atoms. The van der Waals surface area contributed by atoms with Crippen molar-refractivity contribution >= 4 is 11.9 Å². The van der Waals surface area contributed by atoms with Crippen molar-refractivity contribution in [2.45, 2.75) is 31.7 Å². The van der Waals surface area contributed by atoms with E-state index in [2.05, 4.69) is 4.98 Å². The first-order valence-electron chi connectivity index (χ1n) is 7.88. The smallest absolute Gasteiger partial charge is 0.326 e. The van der Waals surface area contributed by atoms with Crippen LogP contribution in [0.15, 0.2) is 28.8 Å². The first kappa shape index (κ1) is 17.1. The van der Waals surface area contributed by atoms with Gasteiger partial charge in [-0.05, 0) is 25.0 Å². The fraction of sp³-hybridized carbons (Fsp3) is 0.353. The van der Waals surface area contributed by atoms with E-state index in [9.17, 15) is 18.4 Å². The minimum absolute atomic E-state index is 0.0512. The van der Waals surface area contributed by atoms with Gasteiger partial charge in [0.05, 0.1) is 11.8 Å². The Kier molecular flexibility index (Phi) is 4.78. The van der Waals surface area contributed by atoms with Crippen LogP contribution in [-0.2, 0) is 16.0 Å². The van der Waals surface area contributed by atoms with Crippen LogP contribution in [0.1, 0.15) is 25.2 Å². The van der Waals surface area contributed by atoms with Gasteiger partial charge in [0, 0.05) is 25.5 Å². The normalized spacial score (nSPS) is 17.0. The lowest BCUT2D eigenvalue weighted by molar-refractivity contribution is -0.148. The molecule has 1 amide bonds. The van der Waals surface area contributed by atoms with Crippen LogP contribution in [0.25, 0.3) is 11.3 Å². The SMILES string of the molecule is O=C(O)[C@@H]1CCCN1C(=O)CCc1ncc(-c2ccc(F)cc2F)o1. The molecule has 0 unspecified atom stereocenters. The molecule has 1 aromatic carbocycles. The number of aryl methyl sites for hydroxylation is 1. The van der Waals surface area contributed by atoms with Crippen molar-refractivity contribution in [3.8, 4) is 11.3 Å². The van der Waals surface area contributed by atoms with E-state index in [0.717, 1.165) is 12.1 Å². The fourth-order valence-corrected chi connectivity index (χ4v) is 2.92. The van der Waals surface area contributed by atoms with Gasteiger partial charge in [0.2, 0.25) is 5.91 Å². The van der Waals surface area contributed by atoms with Gasteiger partial charge in [0.15, 0.2) is 11.7 Å². The predicted molar refractivity (Wildman–Crippen MR) is 82.5 cm³/mol. The van der Waals surface area contributed by atoms with E-state index >= 15 is 0 Å². The minimum atomic E-state index is -1.00. The molecule has 8 heteroatoms. The molecule has 1 aliphatic rings. The van der Waals surface area contributed by atoms with E-state index < -0.39 is 23.6 Å². The molecule has 2 heterocycles.